The van der Waals surface area contributed by atoms with Gasteiger partial charge in [0.15, 0.2) is 11.5 Å². The molecule has 6 heteroatoms. The molecule has 0 saturated carbocycles. The summed E-state index contributed by atoms with van der Waals surface area (Å²) in [6.45, 7) is 4.42. The van der Waals surface area contributed by atoms with Crippen LogP contribution in [0.2, 0.25) is 0 Å². The van der Waals surface area contributed by atoms with E-state index in [9.17, 15) is 14.7 Å². The number of hydrogen-bond donors (Lipinski definition) is 2. The summed E-state index contributed by atoms with van der Waals surface area (Å²) in [5.41, 5.74) is 0.121. The normalized spacial score (nSPS) is 9.95. The van der Waals surface area contributed by atoms with Gasteiger partial charge in [-0.2, -0.15) is 0 Å². The van der Waals surface area contributed by atoms with Crippen molar-refractivity contribution in [3.05, 3.63) is 23.8 Å². The number of carbonyl (C=O) groups is 2. The Morgan fingerprint density at radius 2 is 2.05 bits per heavy atom. The predicted molar refractivity (Wildman–Crippen MR) is 74.9 cm³/mol. The predicted octanol–water partition coefficient (Wildman–Crippen LogP) is 0.999. The lowest BCUT2D eigenvalue weighted by Gasteiger charge is -2.21. The molecule has 6 nitrogen and oxygen atoms in total. The average molecular weight is 280 g/mol. The minimum absolute atomic E-state index is 0.0418. The van der Waals surface area contributed by atoms with Crippen molar-refractivity contribution in [2.45, 2.75) is 13.8 Å². The topological polar surface area (TPSA) is 78.9 Å². The summed E-state index contributed by atoms with van der Waals surface area (Å²) < 4.78 is 4.97. The molecule has 20 heavy (non-hydrogen) atoms. The van der Waals surface area contributed by atoms with Crippen LogP contribution in [0.1, 0.15) is 24.2 Å². The number of aromatic hydroxyl groups is 1. The van der Waals surface area contributed by atoms with Crippen LogP contribution in [-0.4, -0.2) is 48.6 Å². The molecular weight excluding hydrogens is 260 g/mol. The maximum atomic E-state index is 12.3. The number of nitrogens with zero attached hydrogens (tertiary/aromatic N) is 1. The molecule has 2 N–H and O–H groups in total. The Morgan fingerprint density at radius 3 is 2.60 bits per heavy atom. The lowest BCUT2D eigenvalue weighted by atomic mass is 10.1. The quantitative estimate of drug-likeness (QED) is 0.814. The molecule has 0 aliphatic heterocycles. The minimum Gasteiger partial charge on any atom is -0.504 e. The van der Waals surface area contributed by atoms with E-state index in [1.807, 2.05) is 6.92 Å². The van der Waals surface area contributed by atoms with Gasteiger partial charge in [0.25, 0.3) is 5.91 Å². The summed E-state index contributed by atoms with van der Waals surface area (Å²) in [5, 5.41) is 12.6. The highest BCUT2D eigenvalue weighted by molar-refractivity contribution is 5.99. The maximum Gasteiger partial charge on any atom is 0.258 e. The molecule has 0 unspecified atom stereocenters. The Labute approximate surface area is 118 Å². The van der Waals surface area contributed by atoms with E-state index in [1.54, 1.807) is 19.1 Å². The first-order valence-electron chi connectivity index (χ1n) is 6.47. The number of methoxy groups -OCH3 is 1. The van der Waals surface area contributed by atoms with Crippen molar-refractivity contribution >= 4 is 11.8 Å². The average Bonchev–Trinajstić information content (AvgIpc) is 2.44. The van der Waals surface area contributed by atoms with Gasteiger partial charge in [-0.05, 0) is 26.0 Å². The van der Waals surface area contributed by atoms with Crippen molar-refractivity contribution in [1.82, 2.24) is 10.2 Å². The fourth-order valence-corrected chi connectivity index (χ4v) is 1.78. The smallest absolute Gasteiger partial charge is 0.258 e. The summed E-state index contributed by atoms with van der Waals surface area (Å²) >= 11 is 0. The molecule has 0 atom stereocenters. The standard InChI is InChI=1S/C14H20N2O4/c1-4-15-12(17)9-16(5-2)14(19)10-7-6-8-11(20-3)13(10)18/h6-8,18H,4-5,9H2,1-3H3,(H,15,17). The van der Waals surface area contributed by atoms with Crippen LogP contribution in [0.4, 0.5) is 0 Å². The Kier molecular flexibility index (Phi) is 5.83. The molecule has 0 bridgehead atoms. The zero-order chi connectivity index (χ0) is 15.1. The van der Waals surface area contributed by atoms with Crippen LogP contribution in [0.5, 0.6) is 11.5 Å². The number of phenols is 1. The highest BCUT2D eigenvalue weighted by Gasteiger charge is 2.21. The number of rotatable bonds is 6. The van der Waals surface area contributed by atoms with Gasteiger partial charge in [-0.3, -0.25) is 9.59 Å². The van der Waals surface area contributed by atoms with E-state index in [-0.39, 0.29) is 29.5 Å². The minimum atomic E-state index is -0.407. The fraction of sp³-hybridized carbons (Fsp3) is 0.429. The first-order valence-corrected chi connectivity index (χ1v) is 6.47. The Bertz CT molecular complexity index is 488. The van der Waals surface area contributed by atoms with Gasteiger partial charge in [-0.15, -0.1) is 0 Å². The van der Waals surface area contributed by atoms with Crippen molar-refractivity contribution in [3.8, 4) is 11.5 Å². The molecule has 1 rings (SSSR count). The lowest BCUT2D eigenvalue weighted by Crippen LogP contribution is -2.40. The number of likely N-dealkylation sites (N-methyl/N-ethyl adjacent to an activating group) is 2. The van der Waals surface area contributed by atoms with Gasteiger partial charge in [-0.1, -0.05) is 6.07 Å². The molecule has 0 aliphatic carbocycles. The van der Waals surface area contributed by atoms with Gasteiger partial charge in [0.2, 0.25) is 5.91 Å². The zero-order valence-electron chi connectivity index (χ0n) is 12.0. The Morgan fingerprint density at radius 1 is 1.35 bits per heavy atom. The number of hydrogen-bond acceptors (Lipinski definition) is 4. The maximum absolute atomic E-state index is 12.3. The molecule has 1 aromatic carbocycles. The molecule has 0 spiro atoms. The van der Waals surface area contributed by atoms with Crippen LogP contribution >= 0.6 is 0 Å². The van der Waals surface area contributed by atoms with Gasteiger partial charge in [0, 0.05) is 13.1 Å². The number of amides is 2. The molecular formula is C14H20N2O4. The van der Waals surface area contributed by atoms with Crippen LogP contribution in [0, 0.1) is 0 Å². The van der Waals surface area contributed by atoms with Crippen molar-refractivity contribution in [2.75, 3.05) is 26.7 Å². The first-order chi connectivity index (χ1) is 9.54. The van der Waals surface area contributed by atoms with E-state index in [4.69, 9.17) is 4.74 Å². The van der Waals surface area contributed by atoms with Gasteiger partial charge in [0.1, 0.15) is 0 Å². The number of nitrogens with one attached hydrogen (secondary N) is 1. The molecule has 0 saturated heterocycles. The van der Waals surface area contributed by atoms with E-state index in [0.717, 1.165) is 0 Å². The van der Waals surface area contributed by atoms with Crippen molar-refractivity contribution in [3.63, 3.8) is 0 Å². The lowest BCUT2D eigenvalue weighted by molar-refractivity contribution is -0.121. The molecule has 0 aliphatic rings. The van der Waals surface area contributed by atoms with E-state index in [0.29, 0.717) is 13.1 Å². The number of carbonyl (C=O) groups excluding carboxylic acids is 2. The summed E-state index contributed by atoms with van der Waals surface area (Å²) in [6, 6.07) is 4.68. The van der Waals surface area contributed by atoms with Crippen molar-refractivity contribution in [2.24, 2.45) is 0 Å². The van der Waals surface area contributed by atoms with Gasteiger partial charge >= 0.3 is 0 Å². The summed E-state index contributed by atoms with van der Waals surface area (Å²) in [6.07, 6.45) is 0. The second-order valence-corrected chi connectivity index (χ2v) is 4.13. The van der Waals surface area contributed by atoms with Crippen LogP contribution in [0.3, 0.4) is 0 Å². The molecule has 0 radical (unpaired) electrons. The van der Waals surface area contributed by atoms with Gasteiger partial charge in [-0.25, -0.2) is 0 Å². The number of para-hydroxylation sites is 1. The third-order valence-corrected chi connectivity index (χ3v) is 2.83. The highest BCUT2D eigenvalue weighted by atomic mass is 16.5. The van der Waals surface area contributed by atoms with Crippen LogP contribution in [0.25, 0.3) is 0 Å². The number of benzene rings is 1. The molecule has 0 aromatic heterocycles. The highest BCUT2D eigenvalue weighted by Crippen LogP contribution is 2.30. The van der Waals surface area contributed by atoms with E-state index in [2.05, 4.69) is 5.32 Å². The fourth-order valence-electron chi connectivity index (χ4n) is 1.78. The second-order valence-electron chi connectivity index (χ2n) is 4.13. The second kappa shape index (κ2) is 7.37. The molecule has 2 amide bonds. The number of ether oxygens (including phenoxy) is 1. The SMILES string of the molecule is CCNC(=O)CN(CC)C(=O)c1cccc(OC)c1O. The Balaban J connectivity index is 2.94. The van der Waals surface area contributed by atoms with Crippen LogP contribution < -0.4 is 10.1 Å². The molecule has 110 valence electrons. The molecule has 0 heterocycles. The third-order valence-electron chi connectivity index (χ3n) is 2.83. The molecule has 1 aromatic rings. The third kappa shape index (κ3) is 3.63. The van der Waals surface area contributed by atoms with Crippen molar-refractivity contribution in [1.29, 1.82) is 0 Å². The number of phenolic OH excluding ortho intramolecular Hbond substituents is 1. The van der Waals surface area contributed by atoms with E-state index >= 15 is 0 Å². The summed E-state index contributed by atoms with van der Waals surface area (Å²) in [7, 11) is 1.41. The largest absolute Gasteiger partial charge is 0.504 e. The van der Waals surface area contributed by atoms with Crippen molar-refractivity contribution < 1.29 is 19.4 Å². The first kappa shape index (κ1) is 15.8. The molecule has 0 fully saturated rings. The zero-order valence-corrected chi connectivity index (χ0v) is 12.0. The van der Waals surface area contributed by atoms with E-state index in [1.165, 1.54) is 18.1 Å². The van der Waals surface area contributed by atoms with Crippen LogP contribution in [0.15, 0.2) is 18.2 Å². The Hall–Kier alpha value is -2.24. The van der Waals surface area contributed by atoms with Gasteiger partial charge < -0.3 is 20.1 Å². The summed E-state index contributed by atoms with van der Waals surface area (Å²) in [4.78, 5) is 25.3. The van der Waals surface area contributed by atoms with Crippen LogP contribution in [-0.2, 0) is 4.79 Å². The summed E-state index contributed by atoms with van der Waals surface area (Å²) in [5.74, 6) is -0.625. The van der Waals surface area contributed by atoms with Gasteiger partial charge in [0.05, 0.1) is 19.2 Å². The van der Waals surface area contributed by atoms with E-state index < -0.39 is 5.91 Å². The monoisotopic (exact) mass is 280 g/mol.